The summed E-state index contributed by atoms with van der Waals surface area (Å²) in [6.07, 6.45) is 6.85. The summed E-state index contributed by atoms with van der Waals surface area (Å²) in [5.74, 6) is 0.529. The molecule has 2 nitrogen and oxygen atoms in total. The van der Waals surface area contributed by atoms with Gasteiger partial charge in [-0.1, -0.05) is 26.3 Å². The van der Waals surface area contributed by atoms with E-state index >= 15 is 0 Å². The van der Waals surface area contributed by atoms with Gasteiger partial charge in [0.25, 0.3) is 0 Å². The van der Waals surface area contributed by atoms with Gasteiger partial charge >= 0.3 is 0 Å². The maximum atomic E-state index is 12.0. The number of hydrogen-bond donors (Lipinski definition) is 0. The number of allylic oxidation sites excluding steroid dienone is 2. The minimum absolute atomic E-state index is 0.0993. The molecule has 0 aliphatic heterocycles. The topological polar surface area (TPSA) is 34.1 Å². The summed E-state index contributed by atoms with van der Waals surface area (Å²) >= 11 is 0. The van der Waals surface area contributed by atoms with Crippen molar-refractivity contribution in [1.82, 2.24) is 0 Å². The second-order valence-corrected chi connectivity index (χ2v) is 4.73. The van der Waals surface area contributed by atoms with E-state index in [1.54, 1.807) is 6.08 Å². The number of rotatable bonds is 3. The summed E-state index contributed by atoms with van der Waals surface area (Å²) in [7, 11) is 0. The van der Waals surface area contributed by atoms with Crippen molar-refractivity contribution in [3.05, 3.63) is 12.2 Å². The SMILES string of the molecule is CCC(=O)/C=C\[C@]1(C)CCC[C@H](C)C1=O. The predicted molar refractivity (Wildman–Crippen MR) is 60.6 cm³/mol. The van der Waals surface area contributed by atoms with Gasteiger partial charge in [0.05, 0.1) is 0 Å². The smallest absolute Gasteiger partial charge is 0.155 e. The van der Waals surface area contributed by atoms with Crippen LogP contribution in [-0.2, 0) is 9.59 Å². The Morgan fingerprint density at radius 3 is 2.87 bits per heavy atom. The van der Waals surface area contributed by atoms with E-state index < -0.39 is 5.41 Å². The largest absolute Gasteiger partial charge is 0.298 e. The maximum absolute atomic E-state index is 12.0. The Hall–Kier alpha value is -0.920. The summed E-state index contributed by atoms with van der Waals surface area (Å²) in [4.78, 5) is 23.2. The molecule has 0 amide bonds. The monoisotopic (exact) mass is 208 g/mol. The van der Waals surface area contributed by atoms with Gasteiger partial charge in [-0.05, 0) is 25.8 Å². The molecule has 15 heavy (non-hydrogen) atoms. The molecule has 0 aromatic carbocycles. The molecule has 2 atom stereocenters. The molecular weight excluding hydrogens is 188 g/mol. The van der Waals surface area contributed by atoms with Crippen molar-refractivity contribution in [1.29, 1.82) is 0 Å². The van der Waals surface area contributed by atoms with E-state index in [1.807, 2.05) is 26.8 Å². The molecule has 1 saturated carbocycles. The van der Waals surface area contributed by atoms with Crippen LogP contribution in [0.25, 0.3) is 0 Å². The average molecular weight is 208 g/mol. The molecule has 0 aromatic heterocycles. The van der Waals surface area contributed by atoms with Crippen LogP contribution in [0, 0.1) is 11.3 Å². The molecule has 0 saturated heterocycles. The number of carbonyl (C=O) groups is 2. The molecule has 0 heterocycles. The quantitative estimate of drug-likeness (QED) is 0.668. The molecule has 84 valence electrons. The lowest BCUT2D eigenvalue weighted by Crippen LogP contribution is -2.34. The van der Waals surface area contributed by atoms with Crippen LogP contribution in [-0.4, -0.2) is 11.6 Å². The van der Waals surface area contributed by atoms with Crippen LogP contribution in [0.2, 0.25) is 0 Å². The van der Waals surface area contributed by atoms with E-state index in [4.69, 9.17) is 0 Å². The Morgan fingerprint density at radius 2 is 2.27 bits per heavy atom. The Labute approximate surface area is 91.7 Å². The Bertz CT molecular complexity index is 291. The van der Waals surface area contributed by atoms with Gasteiger partial charge in [0.1, 0.15) is 5.78 Å². The van der Waals surface area contributed by atoms with Crippen molar-refractivity contribution < 1.29 is 9.59 Å². The molecule has 0 unspecified atom stereocenters. The van der Waals surface area contributed by atoms with Crippen LogP contribution in [0.4, 0.5) is 0 Å². The summed E-state index contributed by atoms with van der Waals surface area (Å²) in [6, 6.07) is 0. The van der Waals surface area contributed by atoms with Crippen LogP contribution >= 0.6 is 0 Å². The first kappa shape index (κ1) is 12.2. The zero-order valence-corrected chi connectivity index (χ0v) is 9.88. The Balaban J connectivity index is 2.76. The lowest BCUT2D eigenvalue weighted by Gasteiger charge is -2.32. The van der Waals surface area contributed by atoms with E-state index in [9.17, 15) is 9.59 Å². The van der Waals surface area contributed by atoms with Crippen molar-refractivity contribution in [3.63, 3.8) is 0 Å². The molecule has 0 N–H and O–H groups in total. The van der Waals surface area contributed by atoms with Crippen molar-refractivity contribution in [2.45, 2.75) is 46.5 Å². The van der Waals surface area contributed by atoms with Gasteiger partial charge in [0.15, 0.2) is 5.78 Å². The van der Waals surface area contributed by atoms with Gasteiger partial charge < -0.3 is 0 Å². The van der Waals surface area contributed by atoms with Gasteiger partial charge in [0, 0.05) is 17.8 Å². The minimum Gasteiger partial charge on any atom is -0.298 e. The summed E-state index contributed by atoms with van der Waals surface area (Å²) in [5.41, 5.74) is -0.400. The van der Waals surface area contributed by atoms with Crippen LogP contribution in [0.1, 0.15) is 46.5 Å². The highest BCUT2D eigenvalue weighted by molar-refractivity contribution is 5.93. The van der Waals surface area contributed by atoms with E-state index in [-0.39, 0.29) is 17.5 Å². The van der Waals surface area contributed by atoms with E-state index in [0.717, 1.165) is 19.3 Å². The molecule has 0 spiro atoms. The number of carbonyl (C=O) groups excluding carboxylic acids is 2. The summed E-state index contributed by atoms with van der Waals surface area (Å²) < 4.78 is 0. The highest BCUT2D eigenvalue weighted by Gasteiger charge is 2.36. The van der Waals surface area contributed by atoms with E-state index in [0.29, 0.717) is 6.42 Å². The van der Waals surface area contributed by atoms with Crippen molar-refractivity contribution in [3.8, 4) is 0 Å². The Morgan fingerprint density at radius 1 is 1.60 bits per heavy atom. The van der Waals surface area contributed by atoms with Gasteiger partial charge in [-0.25, -0.2) is 0 Å². The predicted octanol–water partition coefficient (Wildman–Crippen LogP) is 2.92. The van der Waals surface area contributed by atoms with Crippen LogP contribution < -0.4 is 0 Å². The molecule has 1 aliphatic rings. The standard InChI is InChI=1S/C13H20O2/c1-4-11(14)7-9-13(3)8-5-6-10(2)12(13)15/h7,9-10H,4-6,8H2,1-3H3/b9-7-/t10-,13-/m0/s1. The molecule has 0 radical (unpaired) electrons. The lowest BCUT2D eigenvalue weighted by atomic mass is 9.70. The fourth-order valence-corrected chi connectivity index (χ4v) is 2.15. The number of Topliss-reactive ketones (excluding diaryl/α,β-unsaturated/α-hetero) is 1. The van der Waals surface area contributed by atoms with E-state index in [2.05, 4.69) is 0 Å². The Kier molecular flexibility index (Phi) is 3.83. The molecule has 0 aromatic rings. The third-order valence-electron chi connectivity index (χ3n) is 3.33. The molecule has 2 heteroatoms. The van der Waals surface area contributed by atoms with Crippen LogP contribution in [0.3, 0.4) is 0 Å². The maximum Gasteiger partial charge on any atom is 0.155 e. The van der Waals surface area contributed by atoms with Gasteiger partial charge in [0.2, 0.25) is 0 Å². The van der Waals surface area contributed by atoms with Crippen molar-refractivity contribution in [2.24, 2.45) is 11.3 Å². The minimum atomic E-state index is -0.400. The third-order valence-corrected chi connectivity index (χ3v) is 3.33. The van der Waals surface area contributed by atoms with Crippen molar-refractivity contribution >= 4 is 11.6 Å². The second-order valence-electron chi connectivity index (χ2n) is 4.73. The number of hydrogen-bond acceptors (Lipinski definition) is 2. The van der Waals surface area contributed by atoms with Gasteiger partial charge in [-0.15, -0.1) is 0 Å². The normalized spacial score (nSPS) is 32.2. The molecular formula is C13H20O2. The van der Waals surface area contributed by atoms with Gasteiger partial charge in [-0.2, -0.15) is 0 Å². The number of ketones is 2. The first-order valence-electron chi connectivity index (χ1n) is 5.76. The zero-order chi connectivity index (χ0) is 11.5. The lowest BCUT2D eigenvalue weighted by molar-refractivity contribution is -0.131. The molecule has 1 aliphatic carbocycles. The average Bonchev–Trinajstić information content (AvgIpc) is 2.23. The zero-order valence-electron chi connectivity index (χ0n) is 9.88. The third kappa shape index (κ3) is 2.77. The molecule has 1 rings (SSSR count). The fourth-order valence-electron chi connectivity index (χ4n) is 2.15. The van der Waals surface area contributed by atoms with Crippen molar-refractivity contribution in [2.75, 3.05) is 0 Å². The fraction of sp³-hybridized carbons (Fsp3) is 0.692. The summed E-state index contributed by atoms with van der Waals surface area (Å²) in [6.45, 7) is 5.76. The highest BCUT2D eigenvalue weighted by Crippen LogP contribution is 2.36. The van der Waals surface area contributed by atoms with Crippen LogP contribution in [0.15, 0.2) is 12.2 Å². The van der Waals surface area contributed by atoms with Crippen LogP contribution in [0.5, 0.6) is 0 Å². The second kappa shape index (κ2) is 4.73. The molecule has 1 fully saturated rings. The first-order valence-corrected chi connectivity index (χ1v) is 5.76. The summed E-state index contributed by atoms with van der Waals surface area (Å²) in [5, 5.41) is 0. The molecule has 0 bridgehead atoms. The highest BCUT2D eigenvalue weighted by atomic mass is 16.1. The first-order chi connectivity index (χ1) is 6.99. The van der Waals surface area contributed by atoms with Gasteiger partial charge in [-0.3, -0.25) is 9.59 Å². The van der Waals surface area contributed by atoms with E-state index in [1.165, 1.54) is 0 Å².